The van der Waals surface area contributed by atoms with E-state index in [0.717, 1.165) is 23.4 Å². The molecule has 7 heteroatoms. The number of aliphatic hydroxyl groups excluding tert-OH is 2. The van der Waals surface area contributed by atoms with Crippen molar-refractivity contribution in [2.24, 2.45) is 0 Å². The van der Waals surface area contributed by atoms with E-state index in [4.69, 9.17) is 5.11 Å². The highest BCUT2D eigenvalue weighted by Crippen LogP contribution is 2.30. The lowest BCUT2D eigenvalue weighted by Gasteiger charge is -2.36. The van der Waals surface area contributed by atoms with E-state index >= 15 is 0 Å². The number of aliphatic hydroxyl groups is 2. The van der Waals surface area contributed by atoms with Crippen LogP contribution in [0.4, 0.5) is 5.82 Å². The lowest BCUT2D eigenvalue weighted by molar-refractivity contribution is 0.181. The molecule has 2 saturated carbocycles. The zero-order chi connectivity index (χ0) is 22.1. The molecule has 4 N–H and O–H groups in total. The quantitative estimate of drug-likeness (QED) is 0.533. The Morgan fingerprint density at radius 3 is 2.32 bits per heavy atom. The Balaban J connectivity index is 0.000000210. The largest absolute Gasteiger partial charge is 0.392 e. The Morgan fingerprint density at radius 1 is 1.00 bits per heavy atom. The minimum atomic E-state index is -0.360. The van der Waals surface area contributed by atoms with Crippen LogP contribution in [-0.2, 0) is 0 Å². The van der Waals surface area contributed by atoms with Crippen molar-refractivity contribution in [1.82, 2.24) is 20.3 Å². The van der Waals surface area contributed by atoms with Gasteiger partial charge in [-0.3, -0.25) is 0 Å². The Kier molecular flexibility index (Phi) is 9.55. The highest BCUT2D eigenvalue weighted by Gasteiger charge is 2.25. The molecule has 7 nitrogen and oxygen atoms in total. The molecule has 174 valence electrons. The molecule has 0 aliphatic heterocycles. The number of aromatic nitrogens is 3. The predicted octanol–water partition coefficient (Wildman–Crippen LogP) is 3.77. The Bertz CT molecular complexity index is 751. The number of nitrogens with one attached hydrogen (secondary N) is 2. The van der Waals surface area contributed by atoms with Gasteiger partial charge in [0.15, 0.2) is 0 Å². The van der Waals surface area contributed by atoms with Crippen molar-refractivity contribution < 1.29 is 10.2 Å². The van der Waals surface area contributed by atoms with Crippen molar-refractivity contribution in [3.05, 3.63) is 18.6 Å². The molecule has 2 fully saturated rings. The standard InChI is InChI=1S/C15H22N4O.C9H19NO/c1-11(20)9-19(12-5-3-2-4-6-12)15-13-7-8-16-14(13)17-10-18-15;1-8(11)7-10-9-5-3-2-4-6-9/h7-8,10-12,20H,2-6,9H2,1H3,(H,16,17,18);8-11H,2-7H2,1H3. The second-order valence-corrected chi connectivity index (χ2v) is 9.32. The Morgan fingerprint density at radius 2 is 1.68 bits per heavy atom. The van der Waals surface area contributed by atoms with Gasteiger partial charge < -0.3 is 25.4 Å². The molecule has 0 amide bonds. The third kappa shape index (κ3) is 7.44. The highest BCUT2D eigenvalue weighted by atomic mass is 16.3. The average Bonchev–Trinajstić information content (AvgIpc) is 3.27. The molecule has 2 aromatic heterocycles. The van der Waals surface area contributed by atoms with Gasteiger partial charge in [-0.05, 0) is 45.6 Å². The molecule has 2 atom stereocenters. The van der Waals surface area contributed by atoms with Gasteiger partial charge in [0.1, 0.15) is 17.8 Å². The molecule has 31 heavy (non-hydrogen) atoms. The zero-order valence-corrected chi connectivity index (χ0v) is 19.3. The molecular formula is C24H41N5O2. The molecule has 0 aromatic carbocycles. The predicted molar refractivity (Wildman–Crippen MR) is 126 cm³/mol. The van der Waals surface area contributed by atoms with Crippen LogP contribution in [0.15, 0.2) is 18.6 Å². The minimum absolute atomic E-state index is 0.197. The SMILES string of the molecule is CC(O)CN(c1ncnc2[nH]ccc12)C1CCCCC1.CC(O)CNC1CCCCC1. The molecule has 4 rings (SSSR count). The van der Waals surface area contributed by atoms with E-state index in [0.29, 0.717) is 18.6 Å². The molecule has 2 unspecified atom stereocenters. The van der Waals surface area contributed by atoms with Crippen molar-refractivity contribution >= 4 is 16.9 Å². The van der Waals surface area contributed by atoms with Gasteiger partial charge in [0.05, 0.1) is 17.6 Å². The summed E-state index contributed by atoms with van der Waals surface area (Å²) in [4.78, 5) is 14.2. The van der Waals surface area contributed by atoms with Crippen molar-refractivity contribution in [2.45, 2.75) is 102 Å². The summed E-state index contributed by atoms with van der Waals surface area (Å²) in [6, 6.07) is 3.17. The first kappa shape index (κ1) is 24.0. The highest BCUT2D eigenvalue weighted by molar-refractivity contribution is 5.87. The first-order valence-corrected chi connectivity index (χ1v) is 12.2. The number of hydrogen-bond donors (Lipinski definition) is 4. The van der Waals surface area contributed by atoms with Gasteiger partial charge in [0, 0.05) is 31.4 Å². The fraction of sp³-hybridized carbons (Fsp3) is 0.750. The monoisotopic (exact) mass is 431 g/mol. The summed E-state index contributed by atoms with van der Waals surface area (Å²) in [6.07, 6.45) is 15.9. The fourth-order valence-electron chi connectivity index (χ4n) is 4.82. The first-order chi connectivity index (χ1) is 15.0. The number of hydrogen-bond acceptors (Lipinski definition) is 6. The number of fused-ring (bicyclic) bond motifs is 1. The van der Waals surface area contributed by atoms with Gasteiger partial charge in [0.25, 0.3) is 0 Å². The first-order valence-electron chi connectivity index (χ1n) is 12.2. The summed E-state index contributed by atoms with van der Waals surface area (Å²) in [7, 11) is 0. The second-order valence-electron chi connectivity index (χ2n) is 9.32. The Labute approximate surface area is 186 Å². The van der Waals surface area contributed by atoms with Gasteiger partial charge in [-0.2, -0.15) is 0 Å². The fourth-order valence-corrected chi connectivity index (χ4v) is 4.82. The number of nitrogens with zero attached hydrogens (tertiary/aromatic N) is 3. The van der Waals surface area contributed by atoms with Crippen molar-refractivity contribution in [2.75, 3.05) is 18.0 Å². The van der Waals surface area contributed by atoms with Crippen LogP contribution in [0.5, 0.6) is 0 Å². The van der Waals surface area contributed by atoms with Gasteiger partial charge >= 0.3 is 0 Å². The summed E-state index contributed by atoms with van der Waals surface area (Å²) < 4.78 is 0. The van der Waals surface area contributed by atoms with Crippen molar-refractivity contribution in [3.63, 3.8) is 0 Å². The third-order valence-corrected chi connectivity index (χ3v) is 6.39. The van der Waals surface area contributed by atoms with E-state index in [9.17, 15) is 5.11 Å². The maximum Gasteiger partial charge on any atom is 0.142 e. The summed E-state index contributed by atoms with van der Waals surface area (Å²) >= 11 is 0. The van der Waals surface area contributed by atoms with E-state index in [1.165, 1.54) is 64.2 Å². The Hall–Kier alpha value is -1.70. The van der Waals surface area contributed by atoms with Crippen molar-refractivity contribution in [3.8, 4) is 0 Å². The molecular weight excluding hydrogens is 390 g/mol. The zero-order valence-electron chi connectivity index (χ0n) is 19.3. The van der Waals surface area contributed by atoms with Crippen LogP contribution in [0.25, 0.3) is 11.0 Å². The molecule has 0 radical (unpaired) electrons. The van der Waals surface area contributed by atoms with Crippen LogP contribution in [0.3, 0.4) is 0 Å². The molecule has 2 aromatic rings. The number of aromatic amines is 1. The van der Waals surface area contributed by atoms with Crippen molar-refractivity contribution in [1.29, 1.82) is 0 Å². The molecule has 0 bridgehead atoms. The third-order valence-electron chi connectivity index (χ3n) is 6.39. The maximum atomic E-state index is 9.84. The molecule has 0 spiro atoms. The van der Waals surface area contributed by atoms with Crippen LogP contribution in [0, 0.1) is 0 Å². The average molecular weight is 432 g/mol. The summed E-state index contributed by atoms with van der Waals surface area (Å²) in [5, 5.41) is 23.3. The molecule has 2 aliphatic carbocycles. The van der Waals surface area contributed by atoms with Crippen LogP contribution in [0.2, 0.25) is 0 Å². The van der Waals surface area contributed by atoms with E-state index < -0.39 is 0 Å². The van der Waals surface area contributed by atoms with E-state index in [1.54, 1.807) is 6.33 Å². The van der Waals surface area contributed by atoms with Gasteiger partial charge in [-0.1, -0.05) is 38.5 Å². The van der Waals surface area contributed by atoms with Crippen LogP contribution in [-0.4, -0.2) is 62.5 Å². The lowest BCUT2D eigenvalue weighted by atomic mass is 9.94. The summed E-state index contributed by atoms with van der Waals surface area (Å²) in [5.41, 5.74) is 0.862. The van der Waals surface area contributed by atoms with E-state index in [1.807, 2.05) is 26.1 Å². The molecule has 2 aliphatic rings. The summed E-state index contributed by atoms with van der Waals surface area (Å²) in [6.45, 7) is 5.05. The number of H-pyrrole nitrogens is 1. The lowest BCUT2D eigenvalue weighted by Crippen LogP contribution is -2.41. The van der Waals surface area contributed by atoms with Crippen LogP contribution < -0.4 is 10.2 Å². The topological polar surface area (TPSA) is 97.3 Å². The normalized spacial score (nSPS) is 20.1. The smallest absolute Gasteiger partial charge is 0.142 e. The van der Waals surface area contributed by atoms with Gasteiger partial charge in [0.2, 0.25) is 0 Å². The van der Waals surface area contributed by atoms with Gasteiger partial charge in [-0.25, -0.2) is 9.97 Å². The number of rotatable bonds is 7. The molecule has 0 saturated heterocycles. The second kappa shape index (κ2) is 12.4. The molecule has 2 heterocycles. The number of anilines is 1. The van der Waals surface area contributed by atoms with Crippen LogP contribution >= 0.6 is 0 Å². The van der Waals surface area contributed by atoms with E-state index in [2.05, 4.69) is 25.2 Å². The summed E-state index contributed by atoms with van der Waals surface area (Å²) in [5.74, 6) is 0.948. The minimum Gasteiger partial charge on any atom is -0.392 e. The maximum absolute atomic E-state index is 9.84. The van der Waals surface area contributed by atoms with Crippen LogP contribution in [0.1, 0.15) is 78.1 Å². The van der Waals surface area contributed by atoms with E-state index in [-0.39, 0.29) is 12.2 Å². The van der Waals surface area contributed by atoms with Gasteiger partial charge in [-0.15, -0.1) is 0 Å².